The van der Waals surface area contributed by atoms with Crippen LogP contribution in [-0.4, -0.2) is 15.0 Å². The molecule has 0 atom stereocenters. The third kappa shape index (κ3) is 3.79. The number of hydrogen-bond donors (Lipinski definition) is 0. The minimum Gasteiger partial charge on any atom is -0.456 e. The topological polar surface area (TPSA) is 65.0 Å². The van der Waals surface area contributed by atoms with Gasteiger partial charge in [-0.05, 0) is 57.9 Å². The minimum absolute atomic E-state index is 0.595. The summed E-state index contributed by atoms with van der Waals surface area (Å²) < 4.78 is 12.4. The third-order valence-corrected chi connectivity index (χ3v) is 8.90. The van der Waals surface area contributed by atoms with Crippen molar-refractivity contribution in [3.63, 3.8) is 0 Å². The summed E-state index contributed by atoms with van der Waals surface area (Å²) in [5.74, 6) is 1.81. The van der Waals surface area contributed by atoms with Crippen LogP contribution in [0.3, 0.4) is 0 Å². The second-order valence-corrected chi connectivity index (χ2v) is 11.6. The summed E-state index contributed by atoms with van der Waals surface area (Å²) in [6.07, 6.45) is 0. The van der Waals surface area contributed by atoms with Crippen molar-refractivity contribution in [1.82, 2.24) is 15.0 Å². The summed E-state index contributed by atoms with van der Waals surface area (Å²) in [6, 6.07) is 47.6. The van der Waals surface area contributed by atoms with Gasteiger partial charge >= 0.3 is 0 Å². The van der Waals surface area contributed by atoms with E-state index in [1.807, 2.05) is 54.6 Å². The molecule has 0 aliphatic heterocycles. The number of nitrogens with zero attached hydrogens (tertiary/aromatic N) is 3. The van der Waals surface area contributed by atoms with Gasteiger partial charge in [-0.25, -0.2) is 15.0 Å². The van der Waals surface area contributed by atoms with Gasteiger partial charge in [-0.3, -0.25) is 0 Å². The van der Waals surface area contributed by atoms with E-state index in [-0.39, 0.29) is 0 Å². The van der Waals surface area contributed by atoms with Crippen molar-refractivity contribution >= 4 is 65.4 Å². The smallest absolute Gasteiger partial charge is 0.164 e. The van der Waals surface area contributed by atoms with E-state index in [4.69, 9.17) is 23.8 Å². The van der Waals surface area contributed by atoms with Crippen molar-refractivity contribution < 1.29 is 8.83 Å². The van der Waals surface area contributed by atoms with Gasteiger partial charge in [0.25, 0.3) is 0 Å². The number of benzene rings is 7. The highest BCUT2D eigenvalue weighted by Crippen LogP contribution is 2.39. The molecule has 10 rings (SSSR count). The van der Waals surface area contributed by atoms with Gasteiger partial charge in [-0.1, -0.05) is 103 Å². The highest BCUT2D eigenvalue weighted by molar-refractivity contribution is 6.19. The molecule has 0 radical (unpaired) electrons. The lowest BCUT2D eigenvalue weighted by Gasteiger charge is -2.11. The first kappa shape index (κ1) is 25.0. The Morgan fingerprint density at radius 3 is 1.70 bits per heavy atom. The summed E-state index contributed by atoms with van der Waals surface area (Å²) in [5.41, 5.74) is 6.09. The first-order valence-corrected chi connectivity index (χ1v) is 15.3. The van der Waals surface area contributed by atoms with Gasteiger partial charge in [0, 0.05) is 38.2 Å². The molecule has 0 amide bonds. The molecule has 0 aliphatic carbocycles. The molecule has 0 spiro atoms. The zero-order valence-corrected chi connectivity index (χ0v) is 24.4. The fraction of sp³-hybridized carbons (Fsp3) is 0. The van der Waals surface area contributed by atoms with Crippen molar-refractivity contribution in [3.05, 3.63) is 140 Å². The van der Waals surface area contributed by atoms with Gasteiger partial charge in [0.1, 0.15) is 22.3 Å². The van der Waals surface area contributed by atoms with Gasteiger partial charge in [-0.2, -0.15) is 0 Å². The second-order valence-electron chi connectivity index (χ2n) is 11.6. The molecular weight excluding hydrogens is 566 g/mol. The lowest BCUT2D eigenvalue weighted by Crippen LogP contribution is -2.00. The van der Waals surface area contributed by atoms with Gasteiger partial charge < -0.3 is 8.83 Å². The molecule has 3 heterocycles. The fourth-order valence-electron chi connectivity index (χ4n) is 6.73. The zero-order chi connectivity index (χ0) is 30.2. The van der Waals surface area contributed by atoms with E-state index in [1.54, 1.807) is 0 Å². The molecule has 0 bridgehead atoms. The first-order chi connectivity index (χ1) is 22.8. The van der Waals surface area contributed by atoms with E-state index in [9.17, 15) is 0 Å². The minimum atomic E-state index is 0.595. The van der Waals surface area contributed by atoms with Crippen LogP contribution < -0.4 is 0 Å². The summed E-state index contributed by atoms with van der Waals surface area (Å²) in [6.45, 7) is 0. The number of fused-ring (bicyclic) bond motifs is 9. The Balaban J connectivity index is 1.25. The summed E-state index contributed by atoms with van der Waals surface area (Å²) in [5, 5.41) is 8.72. The summed E-state index contributed by atoms with van der Waals surface area (Å²) in [7, 11) is 0. The lowest BCUT2D eigenvalue weighted by atomic mass is 10.0. The molecular formula is C41H23N3O2. The van der Waals surface area contributed by atoms with Crippen LogP contribution in [0.5, 0.6) is 0 Å². The molecule has 0 saturated carbocycles. The zero-order valence-electron chi connectivity index (χ0n) is 24.4. The Morgan fingerprint density at radius 2 is 0.913 bits per heavy atom. The van der Waals surface area contributed by atoms with Crippen molar-refractivity contribution in [2.45, 2.75) is 0 Å². The molecule has 0 unspecified atom stereocenters. The normalized spacial score (nSPS) is 11.9. The molecule has 214 valence electrons. The van der Waals surface area contributed by atoms with E-state index in [0.717, 1.165) is 76.7 Å². The van der Waals surface area contributed by atoms with Crippen LogP contribution in [0, 0.1) is 0 Å². The predicted octanol–water partition coefficient (Wildman–Crippen LogP) is 11.0. The second kappa shape index (κ2) is 9.58. The van der Waals surface area contributed by atoms with E-state index >= 15 is 0 Å². The SMILES string of the molecule is c1ccc2cc(-c3nc(-c4ccc5ccc6oc7ccccc7c6c5c4)nc(-c4cccc5oc6ccccc6c45)n3)ccc2c1. The number of hydrogen-bond acceptors (Lipinski definition) is 5. The molecule has 0 saturated heterocycles. The Kier molecular flexibility index (Phi) is 5.22. The number of aromatic nitrogens is 3. The highest BCUT2D eigenvalue weighted by atomic mass is 16.3. The number of para-hydroxylation sites is 2. The van der Waals surface area contributed by atoms with E-state index < -0.39 is 0 Å². The highest BCUT2D eigenvalue weighted by Gasteiger charge is 2.19. The van der Waals surface area contributed by atoms with Crippen LogP contribution in [0.1, 0.15) is 0 Å². The van der Waals surface area contributed by atoms with Crippen molar-refractivity contribution in [2.24, 2.45) is 0 Å². The largest absolute Gasteiger partial charge is 0.456 e. The fourth-order valence-corrected chi connectivity index (χ4v) is 6.73. The Labute approximate surface area is 262 Å². The first-order valence-electron chi connectivity index (χ1n) is 15.3. The van der Waals surface area contributed by atoms with Crippen LogP contribution >= 0.6 is 0 Å². The Bertz CT molecular complexity index is 2830. The average Bonchev–Trinajstić information content (AvgIpc) is 3.70. The molecule has 0 fully saturated rings. The van der Waals surface area contributed by atoms with Gasteiger partial charge in [-0.15, -0.1) is 0 Å². The molecule has 7 aromatic carbocycles. The standard InChI is InChI=1S/C41H23N3O2/c1-2-9-26-22-27(18-16-24(26)8-1)39-42-40(44-41(43-39)31-12-7-15-35-37(31)29-10-3-5-13-33(29)45-35)28-19-17-25-20-21-36-38(32(25)23-28)30-11-4-6-14-34(30)46-36/h1-23H. The quantitative estimate of drug-likeness (QED) is 0.205. The lowest BCUT2D eigenvalue weighted by molar-refractivity contribution is 0.668. The van der Waals surface area contributed by atoms with Crippen LogP contribution in [0.15, 0.2) is 148 Å². The van der Waals surface area contributed by atoms with Crippen LogP contribution in [0.2, 0.25) is 0 Å². The maximum atomic E-state index is 6.23. The van der Waals surface area contributed by atoms with Gasteiger partial charge in [0.15, 0.2) is 17.5 Å². The summed E-state index contributed by atoms with van der Waals surface area (Å²) in [4.78, 5) is 15.4. The van der Waals surface area contributed by atoms with E-state index in [1.165, 1.54) is 5.39 Å². The van der Waals surface area contributed by atoms with Crippen LogP contribution in [-0.2, 0) is 0 Å². The molecule has 46 heavy (non-hydrogen) atoms. The van der Waals surface area contributed by atoms with Crippen LogP contribution in [0.4, 0.5) is 0 Å². The monoisotopic (exact) mass is 589 g/mol. The third-order valence-electron chi connectivity index (χ3n) is 8.90. The maximum absolute atomic E-state index is 6.23. The molecule has 0 N–H and O–H groups in total. The van der Waals surface area contributed by atoms with Crippen molar-refractivity contribution in [2.75, 3.05) is 0 Å². The molecule has 10 aromatic rings. The maximum Gasteiger partial charge on any atom is 0.164 e. The van der Waals surface area contributed by atoms with E-state index in [0.29, 0.717) is 17.5 Å². The molecule has 3 aromatic heterocycles. The van der Waals surface area contributed by atoms with Crippen molar-refractivity contribution in [1.29, 1.82) is 0 Å². The Hall–Kier alpha value is -6.33. The average molecular weight is 590 g/mol. The Morgan fingerprint density at radius 1 is 0.348 bits per heavy atom. The van der Waals surface area contributed by atoms with Gasteiger partial charge in [0.2, 0.25) is 0 Å². The number of furan rings is 2. The van der Waals surface area contributed by atoms with E-state index in [2.05, 4.69) is 84.9 Å². The number of rotatable bonds is 3. The molecule has 5 heteroatoms. The molecule has 0 aliphatic rings. The van der Waals surface area contributed by atoms with Crippen LogP contribution in [0.25, 0.3) is 99.6 Å². The van der Waals surface area contributed by atoms with Crippen molar-refractivity contribution in [3.8, 4) is 34.2 Å². The predicted molar refractivity (Wildman–Crippen MR) is 186 cm³/mol. The van der Waals surface area contributed by atoms with Gasteiger partial charge in [0.05, 0.1) is 0 Å². The molecule has 5 nitrogen and oxygen atoms in total. The summed E-state index contributed by atoms with van der Waals surface area (Å²) >= 11 is 0.